The summed E-state index contributed by atoms with van der Waals surface area (Å²) >= 11 is 0. The maximum atomic E-state index is 13.6. The van der Waals surface area contributed by atoms with Gasteiger partial charge < -0.3 is 14.8 Å². The summed E-state index contributed by atoms with van der Waals surface area (Å²) in [6.07, 6.45) is -4.44. The zero-order chi connectivity index (χ0) is 15.9. The summed E-state index contributed by atoms with van der Waals surface area (Å²) in [6, 6.07) is 2.22. The third-order valence-corrected chi connectivity index (χ3v) is 2.38. The van der Waals surface area contributed by atoms with Gasteiger partial charge in [0, 0.05) is 6.54 Å². The average molecular weight is 313 g/mol. The molecule has 21 heavy (non-hydrogen) atoms. The summed E-state index contributed by atoms with van der Waals surface area (Å²) < 4.78 is 71.7. The van der Waals surface area contributed by atoms with Gasteiger partial charge in [-0.3, -0.25) is 0 Å². The minimum Gasteiger partial charge on any atom is -0.485 e. The van der Waals surface area contributed by atoms with Crippen molar-refractivity contribution in [2.75, 3.05) is 26.4 Å². The zero-order valence-corrected chi connectivity index (χ0v) is 11.4. The van der Waals surface area contributed by atoms with E-state index in [0.717, 1.165) is 12.1 Å². The van der Waals surface area contributed by atoms with Crippen LogP contribution in [-0.4, -0.2) is 32.5 Å². The fraction of sp³-hybridized carbons (Fsp3) is 0.538. The molecule has 0 spiro atoms. The van der Waals surface area contributed by atoms with E-state index in [1.54, 1.807) is 0 Å². The van der Waals surface area contributed by atoms with E-state index >= 15 is 0 Å². The highest BCUT2D eigenvalue weighted by molar-refractivity contribution is 5.31. The maximum Gasteiger partial charge on any atom is 0.411 e. The first-order valence-corrected chi connectivity index (χ1v) is 6.29. The lowest BCUT2D eigenvalue weighted by Gasteiger charge is -2.11. The normalized spacial score (nSPS) is 11.7. The van der Waals surface area contributed by atoms with Crippen LogP contribution in [-0.2, 0) is 11.3 Å². The van der Waals surface area contributed by atoms with Gasteiger partial charge >= 0.3 is 6.18 Å². The van der Waals surface area contributed by atoms with Crippen molar-refractivity contribution in [3.8, 4) is 5.75 Å². The summed E-state index contributed by atoms with van der Waals surface area (Å²) in [5.74, 6) is -2.43. The van der Waals surface area contributed by atoms with Crippen LogP contribution in [0.2, 0.25) is 0 Å². The number of rotatable bonds is 8. The zero-order valence-electron chi connectivity index (χ0n) is 11.4. The lowest BCUT2D eigenvalue weighted by atomic mass is 10.2. The Balaban J connectivity index is 2.48. The smallest absolute Gasteiger partial charge is 0.411 e. The van der Waals surface area contributed by atoms with Gasteiger partial charge in [-0.05, 0) is 24.2 Å². The number of benzene rings is 1. The van der Waals surface area contributed by atoms with E-state index in [4.69, 9.17) is 4.74 Å². The Labute approximate surface area is 119 Å². The quantitative estimate of drug-likeness (QED) is 0.591. The minimum absolute atomic E-state index is 0.305. The van der Waals surface area contributed by atoms with Crippen molar-refractivity contribution in [2.45, 2.75) is 19.6 Å². The van der Waals surface area contributed by atoms with E-state index in [1.165, 1.54) is 0 Å². The molecule has 0 aliphatic rings. The molecule has 3 nitrogen and oxygen atoms in total. The fourth-order valence-corrected chi connectivity index (χ4v) is 1.51. The molecule has 0 aromatic heterocycles. The molecule has 0 heterocycles. The van der Waals surface area contributed by atoms with Gasteiger partial charge in [-0.2, -0.15) is 13.2 Å². The lowest BCUT2D eigenvalue weighted by Crippen LogP contribution is -2.19. The van der Waals surface area contributed by atoms with Crippen LogP contribution in [0.4, 0.5) is 22.0 Å². The highest BCUT2D eigenvalue weighted by atomic mass is 19.4. The monoisotopic (exact) mass is 313 g/mol. The van der Waals surface area contributed by atoms with Crippen molar-refractivity contribution in [1.29, 1.82) is 0 Å². The Morgan fingerprint density at radius 3 is 2.24 bits per heavy atom. The lowest BCUT2D eigenvalue weighted by molar-refractivity contribution is -0.175. The molecule has 1 aromatic carbocycles. The standard InChI is InChI=1S/C13H16F5NO2/c1-2-19-7-9-5-10(14)12(11(15)6-9)21-4-3-20-8-13(16,17)18/h5-6,19H,2-4,7-8H2,1H3. The van der Waals surface area contributed by atoms with E-state index in [9.17, 15) is 22.0 Å². The molecular formula is C13H16F5NO2. The van der Waals surface area contributed by atoms with Gasteiger partial charge in [0.05, 0.1) is 6.61 Å². The molecule has 0 radical (unpaired) electrons. The highest BCUT2D eigenvalue weighted by Gasteiger charge is 2.27. The molecule has 0 saturated heterocycles. The van der Waals surface area contributed by atoms with Crippen molar-refractivity contribution >= 4 is 0 Å². The van der Waals surface area contributed by atoms with Gasteiger partial charge in [0.1, 0.15) is 13.2 Å². The third kappa shape index (κ3) is 6.72. The predicted octanol–water partition coefficient (Wildman–Crippen LogP) is 3.03. The molecule has 8 heteroatoms. The van der Waals surface area contributed by atoms with Crippen molar-refractivity contribution in [3.05, 3.63) is 29.3 Å². The summed E-state index contributed by atoms with van der Waals surface area (Å²) in [6.45, 7) is 0.583. The highest BCUT2D eigenvalue weighted by Crippen LogP contribution is 2.23. The molecule has 0 atom stereocenters. The van der Waals surface area contributed by atoms with Gasteiger partial charge in [-0.15, -0.1) is 0 Å². The molecule has 120 valence electrons. The fourth-order valence-electron chi connectivity index (χ4n) is 1.51. The number of halogens is 5. The third-order valence-electron chi connectivity index (χ3n) is 2.38. The predicted molar refractivity (Wildman–Crippen MR) is 66.1 cm³/mol. The SMILES string of the molecule is CCNCc1cc(F)c(OCCOCC(F)(F)F)c(F)c1. The van der Waals surface area contributed by atoms with Crippen LogP contribution in [0.15, 0.2) is 12.1 Å². The number of hydrogen-bond donors (Lipinski definition) is 1. The van der Waals surface area contributed by atoms with E-state index in [-0.39, 0.29) is 6.61 Å². The van der Waals surface area contributed by atoms with Gasteiger partial charge in [0.25, 0.3) is 0 Å². The Morgan fingerprint density at radius 2 is 1.71 bits per heavy atom. The van der Waals surface area contributed by atoms with Gasteiger partial charge in [-0.1, -0.05) is 6.92 Å². The molecule has 0 fully saturated rings. The van der Waals surface area contributed by atoms with Crippen LogP contribution < -0.4 is 10.1 Å². The molecule has 0 amide bonds. The van der Waals surface area contributed by atoms with Crippen LogP contribution in [0.3, 0.4) is 0 Å². The van der Waals surface area contributed by atoms with Crippen molar-refractivity contribution in [1.82, 2.24) is 5.32 Å². The second-order valence-electron chi connectivity index (χ2n) is 4.19. The molecule has 0 aliphatic carbocycles. The first-order chi connectivity index (χ1) is 9.83. The molecule has 1 N–H and O–H groups in total. The Hall–Kier alpha value is -1.41. The Morgan fingerprint density at radius 1 is 1.10 bits per heavy atom. The number of hydrogen-bond acceptors (Lipinski definition) is 3. The Kier molecular flexibility index (Phi) is 6.83. The van der Waals surface area contributed by atoms with Crippen LogP contribution in [0.5, 0.6) is 5.75 Å². The molecule has 0 bridgehead atoms. The summed E-state index contributed by atoms with van der Waals surface area (Å²) in [5.41, 5.74) is 0.410. The topological polar surface area (TPSA) is 30.5 Å². The van der Waals surface area contributed by atoms with Crippen molar-refractivity contribution in [3.63, 3.8) is 0 Å². The minimum atomic E-state index is -4.44. The molecule has 0 unspecified atom stereocenters. The largest absolute Gasteiger partial charge is 0.485 e. The Bertz CT molecular complexity index is 428. The molecule has 1 rings (SSSR count). The maximum absolute atomic E-state index is 13.6. The molecule has 1 aromatic rings. The second-order valence-corrected chi connectivity index (χ2v) is 4.19. The van der Waals surface area contributed by atoms with Gasteiger partial charge in [0.15, 0.2) is 17.4 Å². The van der Waals surface area contributed by atoms with E-state index in [0.29, 0.717) is 18.7 Å². The van der Waals surface area contributed by atoms with Crippen LogP contribution >= 0.6 is 0 Å². The van der Waals surface area contributed by atoms with Gasteiger partial charge in [-0.25, -0.2) is 8.78 Å². The van der Waals surface area contributed by atoms with Crippen LogP contribution in [0.25, 0.3) is 0 Å². The summed E-state index contributed by atoms with van der Waals surface area (Å²) in [7, 11) is 0. The molecule has 0 saturated carbocycles. The van der Waals surface area contributed by atoms with Crippen LogP contribution in [0.1, 0.15) is 12.5 Å². The van der Waals surface area contributed by atoms with Crippen LogP contribution in [0, 0.1) is 11.6 Å². The molecular weight excluding hydrogens is 297 g/mol. The number of nitrogens with one attached hydrogen (secondary N) is 1. The van der Waals surface area contributed by atoms with E-state index in [1.807, 2.05) is 6.92 Å². The van der Waals surface area contributed by atoms with E-state index in [2.05, 4.69) is 10.1 Å². The second kappa shape index (κ2) is 8.14. The van der Waals surface area contributed by atoms with Crippen molar-refractivity contribution < 1.29 is 31.4 Å². The first kappa shape index (κ1) is 17.6. The number of ether oxygens (including phenoxy) is 2. The van der Waals surface area contributed by atoms with E-state index < -0.39 is 36.8 Å². The van der Waals surface area contributed by atoms with Crippen molar-refractivity contribution in [2.24, 2.45) is 0 Å². The first-order valence-electron chi connectivity index (χ1n) is 6.29. The molecule has 0 aliphatic heterocycles. The number of alkyl halides is 3. The van der Waals surface area contributed by atoms with Gasteiger partial charge in [0.2, 0.25) is 0 Å². The summed E-state index contributed by atoms with van der Waals surface area (Å²) in [4.78, 5) is 0. The summed E-state index contributed by atoms with van der Waals surface area (Å²) in [5, 5.41) is 2.91. The average Bonchev–Trinajstić information content (AvgIpc) is 2.37.